The minimum atomic E-state index is -0.577. The zero-order valence-corrected chi connectivity index (χ0v) is 9.39. The molecule has 4 N–H and O–H groups in total. The first-order valence-corrected chi connectivity index (χ1v) is 4.69. The number of carbonyl (C=O) groups is 2. The fourth-order valence-electron chi connectivity index (χ4n) is 0.871. The molecular formula is C10H20N2O2. The lowest BCUT2D eigenvalue weighted by Crippen LogP contribution is -2.36. The number of amides is 2. The molecular weight excluding hydrogens is 180 g/mol. The molecule has 0 heterocycles. The van der Waals surface area contributed by atoms with Crippen LogP contribution in [0, 0.1) is 10.8 Å². The predicted octanol–water partition coefficient (Wildman–Crippen LogP) is 0.790. The van der Waals surface area contributed by atoms with Crippen LogP contribution in [-0.4, -0.2) is 11.8 Å². The molecule has 0 aliphatic heterocycles. The van der Waals surface area contributed by atoms with Crippen molar-refractivity contribution in [2.75, 3.05) is 0 Å². The average molecular weight is 200 g/mol. The van der Waals surface area contributed by atoms with Crippen LogP contribution in [0.4, 0.5) is 0 Å². The highest BCUT2D eigenvalue weighted by molar-refractivity contribution is 5.81. The van der Waals surface area contributed by atoms with Crippen LogP contribution in [0.3, 0.4) is 0 Å². The van der Waals surface area contributed by atoms with Crippen LogP contribution in [0.2, 0.25) is 0 Å². The van der Waals surface area contributed by atoms with Crippen LogP contribution in [0.25, 0.3) is 0 Å². The Labute approximate surface area is 85.0 Å². The molecule has 0 saturated carbocycles. The Morgan fingerprint density at radius 2 is 1.07 bits per heavy atom. The van der Waals surface area contributed by atoms with Crippen molar-refractivity contribution in [1.82, 2.24) is 0 Å². The molecule has 14 heavy (non-hydrogen) atoms. The molecule has 0 spiro atoms. The van der Waals surface area contributed by atoms with Crippen LogP contribution in [0.1, 0.15) is 40.5 Å². The Balaban J connectivity index is 4.32. The Bertz CT molecular complexity index is 219. The van der Waals surface area contributed by atoms with Crippen molar-refractivity contribution in [3.63, 3.8) is 0 Å². The summed E-state index contributed by atoms with van der Waals surface area (Å²) in [5.41, 5.74) is 9.29. The van der Waals surface area contributed by atoms with Gasteiger partial charge in [-0.1, -0.05) is 27.7 Å². The number of hydrogen-bond acceptors (Lipinski definition) is 2. The molecule has 0 unspecified atom stereocenters. The first-order valence-electron chi connectivity index (χ1n) is 4.69. The standard InChI is InChI=1S/C10H20N2O2/c1-9(2,7(11)13)5-6-10(3,4)8(12)14/h5-6H2,1-4H3,(H2,11,13)(H2,12,14). The molecule has 0 aliphatic rings. The maximum atomic E-state index is 11.0. The highest BCUT2D eigenvalue weighted by Gasteiger charge is 2.31. The molecule has 0 aromatic heterocycles. The van der Waals surface area contributed by atoms with E-state index in [0.717, 1.165) is 0 Å². The molecule has 0 radical (unpaired) electrons. The van der Waals surface area contributed by atoms with E-state index in [1.54, 1.807) is 27.7 Å². The third-order valence-corrected chi connectivity index (χ3v) is 2.71. The quantitative estimate of drug-likeness (QED) is 0.687. The van der Waals surface area contributed by atoms with Gasteiger partial charge in [0.2, 0.25) is 11.8 Å². The number of hydrogen-bond donors (Lipinski definition) is 2. The lowest BCUT2D eigenvalue weighted by Gasteiger charge is -2.26. The van der Waals surface area contributed by atoms with Crippen molar-refractivity contribution in [3.8, 4) is 0 Å². The largest absolute Gasteiger partial charge is 0.369 e. The van der Waals surface area contributed by atoms with E-state index in [-0.39, 0.29) is 11.8 Å². The summed E-state index contributed by atoms with van der Waals surface area (Å²) in [4.78, 5) is 22.0. The SMILES string of the molecule is CC(C)(CCC(C)(C)C(N)=O)C(N)=O. The summed E-state index contributed by atoms with van der Waals surface area (Å²) in [5.74, 6) is -0.699. The maximum Gasteiger partial charge on any atom is 0.223 e. The van der Waals surface area contributed by atoms with Gasteiger partial charge in [0.25, 0.3) is 0 Å². The van der Waals surface area contributed by atoms with Gasteiger partial charge in [-0.05, 0) is 12.8 Å². The van der Waals surface area contributed by atoms with Gasteiger partial charge in [0.1, 0.15) is 0 Å². The second kappa shape index (κ2) is 3.98. The van der Waals surface area contributed by atoms with E-state index >= 15 is 0 Å². The van der Waals surface area contributed by atoms with Gasteiger partial charge in [-0.15, -0.1) is 0 Å². The second-order valence-corrected chi connectivity index (χ2v) is 5.00. The smallest absolute Gasteiger partial charge is 0.223 e. The van der Waals surface area contributed by atoms with Crippen molar-refractivity contribution in [3.05, 3.63) is 0 Å². The first-order chi connectivity index (χ1) is 6.09. The molecule has 4 nitrogen and oxygen atoms in total. The highest BCUT2D eigenvalue weighted by atomic mass is 16.1. The fraction of sp³-hybridized carbons (Fsp3) is 0.800. The Kier molecular flexibility index (Phi) is 3.68. The molecule has 0 aliphatic carbocycles. The van der Waals surface area contributed by atoms with Gasteiger partial charge in [0, 0.05) is 10.8 Å². The van der Waals surface area contributed by atoms with Crippen LogP contribution < -0.4 is 11.5 Å². The number of primary amides is 2. The Hall–Kier alpha value is -1.06. The second-order valence-electron chi connectivity index (χ2n) is 5.00. The number of rotatable bonds is 5. The number of nitrogens with two attached hydrogens (primary N) is 2. The van der Waals surface area contributed by atoms with Crippen LogP contribution in [0.15, 0.2) is 0 Å². The monoisotopic (exact) mass is 200 g/mol. The third-order valence-electron chi connectivity index (χ3n) is 2.71. The van der Waals surface area contributed by atoms with E-state index < -0.39 is 10.8 Å². The van der Waals surface area contributed by atoms with E-state index in [4.69, 9.17) is 11.5 Å². The third kappa shape index (κ3) is 3.36. The van der Waals surface area contributed by atoms with Crippen LogP contribution in [-0.2, 0) is 9.59 Å². The molecule has 0 rings (SSSR count). The Morgan fingerprint density at radius 3 is 1.21 bits per heavy atom. The van der Waals surface area contributed by atoms with Crippen molar-refractivity contribution in [2.45, 2.75) is 40.5 Å². The van der Waals surface area contributed by atoms with Crippen molar-refractivity contribution >= 4 is 11.8 Å². The van der Waals surface area contributed by atoms with Gasteiger partial charge in [0.05, 0.1) is 0 Å². The van der Waals surface area contributed by atoms with E-state index in [1.165, 1.54) is 0 Å². The first kappa shape index (κ1) is 12.9. The molecule has 0 atom stereocenters. The molecule has 0 saturated heterocycles. The molecule has 2 amide bonds. The normalized spacial score (nSPS) is 12.6. The van der Waals surface area contributed by atoms with Gasteiger partial charge in [-0.3, -0.25) is 9.59 Å². The predicted molar refractivity (Wildman–Crippen MR) is 55.2 cm³/mol. The minimum Gasteiger partial charge on any atom is -0.369 e. The highest BCUT2D eigenvalue weighted by Crippen LogP contribution is 2.30. The summed E-state index contributed by atoms with van der Waals surface area (Å²) in [6.07, 6.45) is 1.14. The topological polar surface area (TPSA) is 86.2 Å². The summed E-state index contributed by atoms with van der Waals surface area (Å²) < 4.78 is 0. The fourth-order valence-corrected chi connectivity index (χ4v) is 0.871. The Morgan fingerprint density at radius 1 is 0.857 bits per heavy atom. The van der Waals surface area contributed by atoms with E-state index in [0.29, 0.717) is 12.8 Å². The van der Waals surface area contributed by atoms with E-state index in [2.05, 4.69) is 0 Å². The molecule has 0 aromatic carbocycles. The minimum absolute atomic E-state index is 0.349. The van der Waals surface area contributed by atoms with E-state index in [1.807, 2.05) is 0 Å². The lowest BCUT2D eigenvalue weighted by atomic mass is 9.78. The van der Waals surface area contributed by atoms with Gasteiger partial charge in [-0.2, -0.15) is 0 Å². The van der Waals surface area contributed by atoms with Crippen molar-refractivity contribution in [1.29, 1.82) is 0 Å². The summed E-state index contributed by atoms with van der Waals surface area (Å²) in [6.45, 7) is 7.08. The van der Waals surface area contributed by atoms with Crippen molar-refractivity contribution < 1.29 is 9.59 Å². The van der Waals surface area contributed by atoms with Gasteiger partial charge in [-0.25, -0.2) is 0 Å². The zero-order valence-electron chi connectivity index (χ0n) is 9.39. The zero-order chi connectivity index (χ0) is 11.6. The number of carbonyl (C=O) groups excluding carboxylic acids is 2. The summed E-state index contributed by atoms with van der Waals surface area (Å²) in [5, 5.41) is 0. The van der Waals surface area contributed by atoms with Gasteiger partial charge >= 0.3 is 0 Å². The maximum absolute atomic E-state index is 11.0. The van der Waals surface area contributed by atoms with E-state index in [9.17, 15) is 9.59 Å². The molecule has 0 fully saturated rings. The van der Waals surface area contributed by atoms with Crippen LogP contribution >= 0.6 is 0 Å². The van der Waals surface area contributed by atoms with Crippen molar-refractivity contribution in [2.24, 2.45) is 22.3 Å². The van der Waals surface area contributed by atoms with Gasteiger partial charge < -0.3 is 11.5 Å². The van der Waals surface area contributed by atoms with Crippen LogP contribution in [0.5, 0.6) is 0 Å². The molecule has 0 bridgehead atoms. The molecule has 0 aromatic rings. The lowest BCUT2D eigenvalue weighted by molar-refractivity contribution is -0.129. The summed E-state index contributed by atoms with van der Waals surface area (Å²) in [7, 11) is 0. The molecule has 82 valence electrons. The molecule has 4 heteroatoms. The summed E-state index contributed by atoms with van der Waals surface area (Å²) >= 11 is 0. The van der Waals surface area contributed by atoms with Gasteiger partial charge in [0.15, 0.2) is 0 Å². The average Bonchev–Trinajstić information content (AvgIpc) is 2.01. The summed E-state index contributed by atoms with van der Waals surface area (Å²) in [6, 6.07) is 0.